The minimum atomic E-state index is -0.357. The van der Waals surface area contributed by atoms with Gasteiger partial charge in [-0.2, -0.15) is 0 Å². The first kappa shape index (κ1) is 23.9. The number of carbonyl (C=O) groups is 2. The standard InChI is InChI=1S/C24H35N3O2S/c1-7-19(3)27(23(29)25-24(4,5)6)17-22(28)26(15-20-11-9-8-10-12-20)16-21-18(2)13-14-30-21/h8-14,19H,7,15-17H2,1-6H3,(H,25,29)/t19-/m0/s1. The maximum absolute atomic E-state index is 13.4. The van der Waals surface area contributed by atoms with Crippen molar-refractivity contribution in [2.24, 2.45) is 0 Å². The average molecular weight is 430 g/mol. The second-order valence-electron chi connectivity index (χ2n) is 8.83. The van der Waals surface area contributed by atoms with Gasteiger partial charge in [0.15, 0.2) is 0 Å². The Balaban J connectivity index is 2.23. The lowest BCUT2D eigenvalue weighted by atomic mass is 10.1. The third-order valence-electron chi connectivity index (χ3n) is 5.04. The summed E-state index contributed by atoms with van der Waals surface area (Å²) in [5, 5.41) is 5.06. The molecule has 30 heavy (non-hydrogen) atoms. The first-order valence-corrected chi connectivity index (χ1v) is 11.4. The maximum Gasteiger partial charge on any atom is 0.318 e. The van der Waals surface area contributed by atoms with Gasteiger partial charge in [-0.1, -0.05) is 37.3 Å². The van der Waals surface area contributed by atoms with Crippen molar-refractivity contribution >= 4 is 23.3 Å². The van der Waals surface area contributed by atoms with Crippen molar-refractivity contribution in [1.29, 1.82) is 0 Å². The Morgan fingerprint density at radius 3 is 2.30 bits per heavy atom. The average Bonchev–Trinajstić information content (AvgIpc) is 3.08. The Morgan fingerprint density at radius 1 is 1.10 bits per heavy atom. The number of amides is 3. The highest BCUT2D eigenvalue weighted by molar-refractivity contribution is 7.10. The van der Waals surface area contributed by atoms with Crippen LogP contribution < -0.4 is 5.32 Å². The van der Waals surface area contributed by atoms with E-state index in [0.29, 0.717) is 13.1 Å². The largest absolute Gasteiger partial charge is 0.333 e. The molecule has 2 rings (SSSR count). The second kappa shape index (κ2) is 10.6. The van der Waals surface area contributed by atoms with Crippen LogP contribution in [0.5, 0.6) is 0 Å². The van der Waals surface area contributed by atoms with Gasteiger partial charge in [0, 0.05) is 23.0 Å². The van der Waals surface area contributed by atoms with Gasteiger partial charge in [0.1, 0.15) is 6.54 Å². The number of urea groups is 1. The lowest BCUT2D eigenvalue weighted by molar-refractivity contribution is -0.133. The van der Waals surface area contributed by atoms with Crippen molar-refractivity contribution in [3.63, 3.8) is 0 Å². The molecule has 0 spiro atoms. The summed E-state index contributed by atoms with van der Waals surface area (Å²) in [7, 11) is 0. The minimum absolute atomic E-state index is 0.0293. The third-order valence-corrected chi connectivity index (χ3v) is 6.05. The highest BCUT2D eigenvalue weighted by atomic mass is 32.1. The summed E-state index contributed by atoms with van der Waals surface area (Å²) in [5.41, 5.74) is 1.91. The van der Waals surface area contributed by atoms with Crippen molar-refractivity contribution in [3.8, 4) is 0 Å². The van der Waals surface area contributed by atoms with E-state index in [1.54, 1.807) is 16.2 Å². The van der Waals surface area contributed by atoms with Crippen LogP contribution in [-0.2, 0) is 17.9 Å². The maximum atomic E-state index is 13.4. The summed E-state index contributed by atoms with van der Waals surface area (Å²) in [6.07, 6.45) is 0.785. The van der Waals surface area contributed by atoms with Gasteiger partial charge < -0.3 is 15.1 Å². The van der Waals surface area contributed by atoms with Crippen molar-refractivity contribution in [2.45, 2.75) is 72.6 Å². The van der Waals surface area contributed by atoms with Crippen LogP contribution in [0.3, 0.4) is 0 Å². The van der Waals surface area contributed by atoms with Crippen LogP contribution in [0.2, 0.25) is 0 Å². The van der Waals surface area contributed by atoms with Gasteiger partial charge >= 0.3 is 6.03 Å². The molecular weight excluding hydrogens is 394 g/mol. The number of nitrogens with zero attached hydrogens (tertiary/aromatic N) is 2. The van der Waals surface area contributed by atoms with Crippen LogP contribution in [-0.4, -0.2) is 39.9 Å². The molecule has 0 aliphatic carbocycles. The van der Waals surface area contributed by atoms with Crippen LogP contribution in [0, 0.1) is 6.92 Å². The van der Waals surface area contributed by atoms with E-state index >= 15 is 0 Å². The molecule has 0 radical (unpaired) electrons. The van der Waals surface area contributed by atoms with Crippen LogP contribution in [0.25, 0.3) is 0 Å². The van der Waals surface area contributed by atoms with E-state index in [9.17, 15) is 9.59 Å². The molecule has 1 heterocycles. The molecule has 0 bridgehead atoms. The molecule has 0 fully saturated rings. The van der Waals surface area contributed by atoms with Crippen LogP contribution in [0.15, 0.2) is 41.8 Å². The quantitative estimate of drug-likeness (QED) is 0.627. The van der Waals surface area contributed by atoms with Gasteiger partial charge in [-0.25, -0.2) is 4.79 Å². The monoisotopic (exact) mass is 429 g/mol. The van der Waals surface area contributed by atoms with Gasteiger partial charge in [0.05, 0.1) is 6.54 Å². The molecule has 0 aliphatic heterocycles. The number of hydrogen-bond acceptors (Lipinski definition) is 3. The molecule has 1 aromatic carbocycles. The fourth-order valence-electron chi connectivity index (χ4n) is 3.06. The zero-order valence-corrected chi connectivity index (χ0v) is 19.9. The number of carbonyl (C=O) groups excluding carboxylic acids is 2. The fraction of sp³-hybridized carbons (Fsp3) is 0.500. The van der Waals surface area contributed by atoms with Crippen molar-refractivity contribution in [1.82, 2.24) is 15.1 Å². The Kier molecular flexibility index (Phi) is 8.47. The Morgan fingerprint density at radius 2 is 1.77 bits per heavy atom. The molecule has 1 atom stereocenters. The van der Waals surface area contributed by atoms with E-state index in [1.807, 2.05) is 69.9 Å². The molecule has 3 amide bonds. The normalized spacial score (nSPS) is 12.3. The number of rotatable bonds is 8. The van der Waals surface area contributed by atoms with Crippen LogP contribution >= 0.6 is 11.3 Å². The van der Waals surface area contributed by atoms with E-state index in [1.165, 1.54) is 10.4 Å². The van der Waals surface area contributed by atoms with Crippen molar-refractivity contribution in [3.05, 3.63) is 57.8 Å². The summed E-state index contributed by atoms with van der Waals surface area (Å²) in [6, 6.07) is 11.8. The summed E-state index contributed by atoms with van der Waals surface area (Å²) < 4.78 is 0. The Hall–Kier alpha value is -2.34. The van der Waals surface area contributed by atoms with Gasteiger partial charge in [-0.15, -0.1) is 11.3 Å². The Labute approximate surface area is 185 Å². The number of thiophene rings is 1. The molecular formula is C24H35N3O2S. The highest BCUT2D eigenvalue weighted by Crippen LogP contribution is 2.20. The highest BCUT2D eigenvalue weighted by Gasteiger charge is 2.27. The van der Waals surface area contributed by atoms with Crippen LogP contribution in [0.1, 0.15) is 57.0 Å². The molecule has 164 valence electrons. The molecule has 0 aliphatic rings. The van der Waals surface area contributed by atoms with E-state index < -0.39 is 0 Å². The van der Waals surface area contributed by atoms with E-state index in [4.69, 9.17) is 0 Å². The molecule has 2 aromatic rings. The van der Waals surface area contributed by atoms with E-state index in [0.717, 1.165) is 12.0 Å². The molecule has 1 aromatic heterocycles. The smallest absolute Gasteiger partial charge is 0.318 e. The lowest BCUT2D eigenvalue weighted by Gasteiger charge is -2.33. The number of hydrogen-bond donors (Lipinski definition) is 1. The minimum Gasteiger partial charge on any atom is -0.333 e. The molecule has 6 heteroatoms. The summed E-state index contributed by atoms with van der Waals surface area (Å²) in [5.74, 6) is -0.0454. The van der Waals surface area contributed by atoms with Crippen molar-refractivity contribution in [2.75, 3.05) is 6.54 Å². The number of aryl methyl sites for hydroxylation is 1. The summed E-state index contributed by atoms with van der Waals surface area (Å²) in [4.78, 5) is 31.0. The third kappa shape index (κ3) is 7.17. The predicted molar refractivity (Wildman–Crippen MR) is 124 cm³/mol. The van der Waals surface area contributed by atoms with Crippen molar-refractivity contribution < 1.29 is 9.59 Å². The summed E-state index contributed by atoms with van der Waals surface area (Å²) >= 11 is 1.66. The zero-order chi connectivity index (χ0) is 22.3. The van der Waals surface area contributed by atoms with Gasteiger partial charge in [0.2, 0.25) is 5.91 Å². The molecule has 1 N–H and O–H groups in total. The molecule has 0 saturated heterocycles. The molecule has 0 saturated carbocycles. The van der Waals surface area contributed by atoms with E-state index in [-0.39, 0.29) is 30.1 Å². The van der Waals surface area contributed by atoms with Gasteiger partial charge in [-0.3, -0.25) is 4.79 Å². The van der Waals surface area contributed by atoms with Gasteiger partial charge in [-0.05, 0) is 63.6 Å². The first-order chi connectivity index (χ1) is 14.1. The molecule has 5 nitrogen and oxygen atoms in total. The fourth-order valence-corrected chi connectivity index (χ4v) is 3.98. The van der Waals surface area contributed by atoms with E-state index in [2.05, 4.69) is 23.7 Å². The van der Waals surface area contributed by atoms with Gasteiger partial charge in [0.25, 0.3) is 0 Å². The summed E-state index contributed by atoms with van der Waals surface area (Å²) in [6.45, 7) is 13.1. The van der Waals surface area contributed by atoms with Crippen LogP contribution in [0.4, 0.5) is 4.79 Å². The SMILES string of the molecule is CC[C@H](C)N(CC(=O)N(Cc1ccccc1)Cc1sccc1C)C(=O)NC(C)(C)C. The number of nitrogens with one attached hydrogen (secondary N) is 1. The zero-order valence-electron chi connectivity index (χ0n) is 19.1. The molecule has 0 unspecified atom stereocenters. The first-order valence-electron chi connectivity index (χ1n) is 10.5. The predicted octanol–water partition coefficient (Wildman–Crippen LogP) is 5.19. The Bertz CT molecular complexity index is 826. The lowest BCUT2D eigenvalue weighted by Crippen LogP contribution is -2.54. The topological polar surface area (TPSA) is 52.7 Å². The second-order valence-corrected chi connectivity index (χ2v) is 9.83. The number of benzene rings is 1.